The van der Waals surface area contributed by atoms with Crippen LogP contribution in [0.3, 0.4) is 0 Å². The van der Waals surface area contributed by atoms with Gasteiger partial charge in [-0.3, -0.25) is 4.79 Å². The van der Waals surface area contributed by atoms with Gasteiger partial charge in [0.15, 0.2) is 0 Å². The molecule has 1 N–H and O–H groups in total. The van der Waals surface area contributed by atoms with Crippen LogP contribution in [0.25, 0.3) is 0 Å². The molecule has 0 bridgehead atoms. The first kappa shape index (κ1) is 10.6. The molecule has 1 spiro atoms. The van der Waals surface area contributed by atoms with E-state index in [0.29, 0.717) is 6.04 Å². The van der Waals surface area contributed by atoms with Crippen molar-refractivity contribution in [3.63, 3.8) is 0 Å². The Morgan fingerprint density at radius 3 is 2.59 bits per heavy atom. The van der Waals surface area contributed by atoms with Crippen LogP contribution in [-0.2, 0) is 4.79 Å². The summed E-state index contributed by atoms with van der Waals surface area (Å²) in [6.07, 6.45) is 3.11. The molecule has 0 radical (unpaired) electrons. The van der Waals surface area contributed by atoms with Gasteiger partial charge in [-0.1, -0.05) is 12.1 Å². The quantitative estimate of drug-likeness (QED) is 0.804. The van der Waals surface area contributed by atoms with Crippen LogP contribution in [0.15, 0.2) is 24.3 Å². The number of nitrogens with zero attached hydrogens (tertiary/aromatic N) is 1. The van der Waals surface area contributed by atoms with Crippen molar-refractivity contribution in [2.75, 3.05) is 10.2 Å². The van der Waals surface area contributed by atoms with Gasteiger partial charge in [-0.15, -0.1) is 0 Å². The minimum atomic E-state index is -0.275. The third-order valence-electron chi connectivity index (χ3n) is 3.99. The summed E-state index contributed by atoms with van der Waals surface area (Å²) in [5.74, 6) is 0.177. The van der Waals surface area contributed by atoms with Gasteiger partial charge < -0.3 is 10.2 Å². The van der Waals surface area contributed by atoms with Crippen LogP contribution < -0.4 is 10.2 Å². The van der Waals surface area contributed by atoms with Crippen LogP contribution in [0.4, 0.5) is 11.4 Å². The van der Waals surface area contributed by atoms with Gasteiger partial charge in [-0.05, 0) is 45.2 Å². The van der Waals surface area contributed by atoms with Gasteiger partial charge in [0.25, 0.3) is 0 Å². The molecule has 0 atom stereocenters. The highest BCUT2D eigenvalue weighted by atomic mass is 16.2. The molecule has 1 fully saturated rings. The van der Waals surface area contributed by atoms with Gasteiger partial charge in [0, 0.05) is 6.04 Å². The second kappa shape index (κ2) is 3.49. The Labute approximate surface area is 102 Å². The summed E-state index contributed by atoms with van der Waals surface area (Å²) in [6, 6.07) is 8.44. The van der Waals surface area contributed by atoms with Crippen molar-refractivity contribution in [3.05, 3.63) is 24.3 Å². The van der Waals surface area contributed by atoms with Crippen molar-refractivity contribution in [3.8, 4) is 0 Å². The zero-order valence-electron chi connectivity index (χ0n) is 10.4. The molecule has 1 aliphatic carbocycles. The number of para-hydroxylation sites is 2. The molecular weight excluding hydrogens is 212 g/mol. The molecule has 1 aromatic rings. The predicted octanol–water partition coefficient (Wildman–Crippen LogP) is 2.78. The number of carbonyl (C=O) groups is 1. The molecule has 90 valence electrons. The molecular formula is C14H18N2O. The normalized spacial score (nSPS) is 21.1. The Balaban J connectivity index is 2.14. The monoisotopic (exact) mass is 230 g/mol. The Kier molecular flexibility index (Phi) is 2.18. The standard InChI is InChI=1S/C14H18N2O/c1-10(2)16-12-7-4-3-6-11(12)15-13(17)14(16)8-5-9-14/h3-4,6-7,10H,5,8-9H2,1-2H3,(H,15,17). The fourth-order valence-electron chi connectivity index (χ4n) is 3.12. The highest BCUT2D eigenvalue weighted by molar-refractivity contribution is 6.07. The Hall–Kier alpha value is -1.51. The first-order valence-corrected chi connectivity index (χ1v) is 6.35. The Morgan fingerprint density at radius 1 is 1.29 bits per heavy atom. The minimum absolute atomic E-state index is 0.177. The van der Waals surface area contributed by atoms with E-state index in [-0.39, 0.29) is 11.4 Å². The number of carbonyl (C=O) groups excluding carboxylic acids is 1. The molecule has 1 aliphatic heterocycles. The first-order valence-electron chi connectivity index (χ1n) is 6.35. The molecule has 1 heterocycles. The molecule has 17 heavy (non-hydrogen) atoms. The van der Waals surface area contributed by atoms with Gasteiger partial charge in [0.05, 0.1) is 11.4 Å². The second-order valence-corrected chi connectivity index (χ2v) is 5.32. The lowest BCUT2D eigenvalue weighted by Gasteiger charge is -2.54. The molecule has 1 saturated carbocycles. The Bertz CT molecular complexity index is 463. The van der Waals surface area contributed by atoms with E-state index in [1.807, 2.05) is 18.2 Å². The topological polar surface area (TPSA) is 32.3 Å². The number of hydrogen-bond acceptors (Lipinski definition) is 2. The van der Waals surface area contributed by atoms with Crippen molar-refractivity contribution in [2.45, 2.75) is 44.7 Å². The minimum Gasteiger partial charge on any atom is -0.353 e. The van der Waals surface area contributed by atoms with E-state index in [0.717, 1.165) is 24.9 Å². The molecule has 2 aliphatic rings. The summed E-state index contributed by atoms with van der Waals surface area (Å²) in [4.78, 5) is 14.6. The van der Waals surface area contributed by atoms with Gasteiger partial charge in [-0.2, -0.15) is 0 Å². The summed E-state index contributed by atoms with van der Waals surface area (Å²) in [5, 5.41) is 3.06. The van der Waals surface area contributed by atoms with E-state index in [1.54, 1.807) is 0 Å². The maximum Gasteiger partial charge on any atom is 0.250 e. The first-order chi connectivity index (χ1) is 8.15. The summed E-state index contributed by atoms with van der Waals surface area (Å²) in [6.45, 7) is 4.32. The maximum absolute atomic E-state index is 12.3. The average molecular weight is 230 g/mol. The van der Waals surface area contributed by atoms with Crippen molar-refractivity contribution in [1.82, 2.24) is 0 Å². The van der Waals surface area contributed by atoms with Gasteiger partial charge in [0.2, 0.25) is 5.91 Å². The van der Waals surface area contributed by atoms with Crippen LogP contribution >= 0.6 is 0 Å². The third kappa shape index (κ3) is 1.31. The number of hydrogen-bond donors (Lipinski definition) is 1. The Morgan fingerprint density at radius 2 is 2.00 bits per heavy atom. The van der Waals surface area contributed by atoms with Crippen LogP contribution in [-0.4, -0.2) is 17.5 Å². The number of rotatable bonds is 1. The summed E-state index contributed by atoms with van der Waals surface area (Å²) < 4.78 is 0. The SMILES string of the molecule is CC(C)N1c2ccccc2NC(=O)C12CCC2. The van der Waals surface area contributed by atoms with E-state index in [9.17, 15) is 4.79 Å². The van der Waals surface area contributed by atoms with Gasteiger partial charge >= 0.3 is 0 Å². The second-order valence-electron chi connectivity index (χ2n) is 5.32. The molecule has 3 heteroatoms. The van der Waals surface area contributed by atoms with Crippen molar-refractivity contribution < 1.29 is 4.79 Å². The van der Waals surface area contributed by atoms with Crippen LogP contribution in [0.5, 0.6) is 0 Å². The van der Waals surface area contributed by atoms with E-state index < -0.39 is 0 Å². The number of fused-ring (bicyclic) bond motifs is 1. The molecule has 3 rings (SSSR count). The predicted molar refractivity (Wildman–Crippen MR) is 69.3 cm³/mol. The van der Waals surface area contributed by atoms with E-state index in [1.165, 1.54) is 5.69 Å². The molecule has 1 aromatic carbocycles. The van der Waals surface area contributed by atoms with Crippen molar-refractivity contribution in [2.24, 2.45) is 0 Å². The number of amides is 1. The average Bonchev–Trinajstić information content (AvgIpc) is 2.24. The zero-order chi connectivity index (χ0) is 12.0. The lowest BCUT2D eigenvalue weighted by Crippen LogP contribution is -2.65. The molecule has 3 nitrogen and oxygen atoms in total. The lowest BCUT2D eigenvalue weighted by molar-refractivity contribution is -0.124. The highest BCUT2D eigenvalue weighted by Crippen LogP contribution is 2.47. The van der Waals surface area contributed by atoms with Crippen LogP contribution in [0.2, 0.25) is 0 Å². The van der Waals surface area contributed by atoms with Gasteiger partial charge in [0.1, 0.15) is 5.54 Å². The van der Waals surface area contributed by atoms with Crippen LogP contribution in [0, 0.1) is 0 Å². The highest BCUT2D eigenvalue weighted by Gasteiger charge is 2.52. The molecule has 0 saturated heterocycles. The van der Waals surface area contributed by atoms with E-state index in [4.69, 9.17) is 0 Å². The van der Waals surface area contributed by atoms with Crippen molar-refractivity contribution >= 4 is 17.3 Å². The van der Waals surface area contributed by atoms with E-state index >= 15 is 0 Å². The van der Waals surface area contributed by atoms with Crippen molar-refractivity contribution in [1.29, 1.82) is 0 Å². The number of nitrogens with one attached hydrogen (secondary N) is 1. The summed E-state index contributed by atoms with van der Waals surface area (Å²) in [5.41, 5.74) is 1.84. The molecule has 1 amide bonds. The smallest absolute Gasteiger partial charge is 0.250 e. The summed E-state index contributed by atoms with van der Waals surface area (Å²) >= 11 is 0. The fraction of sp³-hybridized carbons (Fsp3) is 0.500. The maximum atomic E-state index is 12.3. The largest absolute Gasteiger partial charge is 0.353 e. The van der Waals surface area contributed by atoms with Crippen LogP contribution in [0.1, 0.15) is 33.1 Å². The van der Waals surface area contributed by atoms with Gasteiger partial charge in [-0.25, -0.2) is 0 Å². The summed E-state index contributed by atoms with van der Waals surface area (Å²) in [7, 11) is 0. The number of anilines is 2. The zero-order valence-corrected chi connectivity index (χ0v) is 10.4. The third-order valence-corrected chi connectivity index (χ3v) is 3.99. The molecule has 0 aromatic heterocycles. The molecule has 0 unspecified atom stereocenters. The fourth-order valence-corrected chi connectivity index (χ4v) is 3.12. The number of benzene rings is 1. The lowest BCUT2D eigenvalue weighted by atomic mass is 9.72. The van der Waals surface area contributed by atoms with E-state index in [2.05, 4.69) is 30.1 Å².